The monoisotopic (exact) mass is 573 g/mol. The largest absolute Gasteiger partial charge is 0.458 e. The minimum Gasteiger partial charge on any atom is -0.458 e. The number of aryl methyl sites for hydroxylation is 1. The zero-order valence-corrected chi connectivity index (χ0v) is 22.9. The standard InChI is InChI=1S/C31H28FN3O7/c1-3-31(40)21-10-25-27-19(12-35(25)28(37)20(21)15-41-29(31)38)26(18-9-16(2)22(32)11-23(18)33-27)24(13-36)34-30(39)42-14-17-7-5-4-6-8-17/h4-11,24,36,40H,3,12-15H2,1-2H3,(H,34,39)/t24-,31-/m0/s1. The van der Waals surface area contributed by atoms with E-state index in [1.54, 1.807) is 26.0 Å². The summed E-state index contributed by atoms with van der Waals surface area (Å²) < 4.78 is 26.7. The number of nitrogens with one attached hydrogen (secondary N) is 1. The smallest absolute Gasteiger partial charge is 0.408 e. The molecule has 0 unspecified atom stereocenters. The first-order valence-electron chi connectivity index (χ1n) is 13.5. The Morgan fingerprint density at radius 2 is 1.98 bits per heavy atom. The van der Waals surface area contributed by atoms with Crippen LogP contribution >= 0.6 is 0 Å². The molecule has 10 nitrogen and oxygen atoms in total. The molecule has 2 aliphatic heterocycles. The number of benzene rings is 2. The van der Waals surface area contributed by atoms with Gasteiger partial charge in [0.1, 0.15) is 19.0 Å². The van der Waals surface area contributed by atoms with E-state index in [2.05, 4.69) is 5.32 Å². The third kappa shape index (κ3) is 4.32. The molecule has 0 bridgehead atoms. The number of rotatable bonds is 6. The summed E-state index contributed by atoms with van der Waals surface area (Å²) in [7, 11) is 0. The minimum atomic E-state index is -2.01. The fourth-order valence-electron chi connectivity index (χ4n) is 5.75. The van der Waals surface area contributed by atoms with Gasteiger partial charge in [0, 0.05) is 22.6 Å². The minimum absolute atomic E-state index is 0.0118. The Labute approximate surface area is 239 Å². The highest BCUT2D eigenvalue weighted by Gasteiger charge is 2.45. The summed E-state index contributed by atoms with van der Waals surface area (Å²) in [4.78, 5) is 43.7. The molecular formula is C31H28FN3O7. The second-order valence-electron chi connectivity index (χ2n) is 10.5. The van der Waals surface area contributed by atoms with Crippen molar-refractivity contribution >= 4 is 23.0 Å². The maximum atomic E-state index is 14.7. The molecule has 2 aliphatic rings. The topological polar surface area (TPSA) is 140 Å². The summed E-state index contributed by atoms with van der Waals surface area (Å²) in [5, 5.41) is 24.8. The van der Waals surface area contributed by atoms with Gasteiger partial charge in [-0.15, -0.1) is 0 Å². The number of aromatic nitrogens is 2. The first-order chi connectivity index (χ1) is 20.2. The molecule has 42 heavy (non-hydrogen) atoms. The molecule has 0 saturated carbocycles. The van der Waals surface area contributed by atoms with Gasteiger partial charge in [-0.3, -0.25) is 4.79 Å². The van der Waals surface area contributed by atoms with Crippen molar-refractivity contribution in [3.63, 3.8) is 0 Å². The predicted molar refractivity (Wildman–Crippen MR) is 149 cm³/mol. The normalized spacial score (nSPS) is 17.7. The average molecular weight is 574 g/mol. The lowest BCUT2D eigenvalue weighted by Crippen LogP contribution is -2.44. The number of amides is 1. The van der Waals surface area contributed by atoms with Gasteiger partial charge < -0.3 is 29.6 Å². The number of aliphatic hydroxyl groups is 2. The van der Waals surface area contributed by atoms with Crippen molar-refractivity contribution in [1.29, 1.82) is 0 Å². The summed E-state index contributed by atoms with van der Waals surface area (Å²) in [5.74, 6) is -1.34. The fourth-order valence-corrected chi connectivity index (χ4v) is 5.75. The molecule has 0 fully saturated rings. The van der Waals surface area contributed by atoms with E-state index in [0.29, 0.717) is 33.5 Å². The van der Waals surface area contributed by atoms with Crippen molar-refractivity contribution in [2.75, 3.05) is 6.61 Å². The molecule has 0 aliphatic carbocycles. The predicted octanol–water partition coefficient (Wildman–Crippen LogP) is 3.49. The number of aliphatic hydroxyl groups excluding tert-OH is 1. The van der Waals surface area contributed by atoms with E-state index in [4.69, 9.17) is 14.5 Å². The first kappa shape index (κ1) is 27.6. The van der Waals surface area contributed by atoms with Crippen LogP contribution in [0.2, 0.25) is 0 Å². The Balaban J connectivity index is 1.49. The third-order valence-corrected chi connectivity index (χ3v) is 8.05. The lowest BCUT2D eigenvalue weighted by Gasteiger charge is -2.31. The van der Waals surface area contributed by atoms with Gasteiger partial charge >= 0.3 is 12.1 Å². The second-order valence-corrected chi connectivity index (χ2v) is 10.5. The van der Waals surface area contributed by atoms with Crippen molar-refractivity contribution in [3.8, 4) is 11.4 Å². The average Bonchev–Trinajstić information content (AvgIpc) is 3.35. The van der Waals surface area contributed by atoms with E-state index in [-0.39, 0.29) is 42.8 Å². The van der Waals surface area contributed by atoms with Gasteiger partial charge in [0.25, 0.3) is 5.56 Å². The molecule has 2 atom stereocenters. The van der Waals surface area contributed by atoms with Gasteiger partial charge in [-0.2, -0.15) is 0 Å². The van der Waals surface area contributed by atoms with Crippen LogP contribution in [0.4, 0.5) is 9.18 Å². The molecule has 4 aromatic rings. The van der Waals surface area contributed by atoms with E-state index in [0.717, 1.165) is 5.56 Å². The molecule has 2 aromatic heterocycles. The molecular weight excluding hydrogens is 545 g/mol. The summed E-state index contributed by atoms with van der Waals surface area (Å²) in [5.41, 5.74) is 0.809. The molecule has 0 saturated heterocycles. The summed E-state index contributed by atoms with van der Waals surface area (Å²) in [6.07, 6.45) is -0.792. The van der Waals surface area contributed by atoms with Crippen molar-refractivity contribution in [3.05, 3.63) is 98.1 Å². The Morgan fingerprint density at radius 3 is 2.69 bits per heavy atom. The van der Waals surface area contributed by atoms with Crippen LogP contribution in [0.25, 0.3) is 22.3 Å². The lowest BCUT2D eigenvalue weighted by molar-refractivity contribution is -0.172. The maximum Gasteiger partial charge on any atom is 0.408 e. The number of hydrogen-bond acceptors (Lipinski definition) is 8. The van der Waals surface area contributed by atoms with Crippen LogP contribution in [0, 0.1) is 12.7 Å². The molecule has 2 aromatic carbocycles. The van der Waals surface area contributed by atoms with E-state index < -0.39 is 41.7 Å². The molecule has 0 spiro atoms. The summed E-state index contributed by atoms with van der Waals surface area (Å²) in [6.45, 7) is 2.43. The molecule has 3 N–H and O–H groups in total. The first-order valence-corrected chi connectivity index (χ1v) is 13.5. The number of ether oxygens (including phenoxy) is 2. The van der Waals surface area contributed by atoms with Gasteiger partial charge in [0.2, 0.25) is 0 Å². The SMILES string of the molecule is CC[C@@]1(O)C(=O)OCc2c1cc1n(c2=O)Cc2c-1nc1cc(F)c(C)cc1c2[C@H](CO)NC(=O)OCc1ccccc1. The fraction of sp³-hybridized carbons (Fsp3) is 0.290. The zero-order valence-electron chi connectivity index (χ0n) is 22.9. The Kier molecular flexibility index (Phi) is 6.78. The zero-order chi connectivity index (χ0) is 29.8. The number of carbonyl (C=O) groups excluding carboxylic acids is 2. The van der Waals surface area contributed by atoms with E-state index in [9.17, 15) is 29.0 Å². The Hall–Kier alpha value is -4.61. The quantitative estimate of drug-likeness (QED) is 0.262. The number of alkyl carbamates (subject to hydrolysis) is 1. The molecule has 6 rings (SSSR count). The number of carbonyl (C=O) groups is 2. The molecule has 11 heteroatoms. The van der Waals surface area contributed by atoms with Crippen LogP contribution in [-0.4, -0.2) is 38.4 Å². The third-order valence-electron chi connectivity index (χ3n) is 8.05. The van der Waals surface area contributed by atoms with E-state index in [1.807, 2.05) is 30.3 Å². The molecule has 1 amide bonds. The highest BCUT2D eigenvalue weighted by atomic mass is 19.1. The van der Waals surface area contributed by atoms with Crippen LogP contribution in [0.15, 0.2) is 53.3 Å². The Morgan fingerprint density at radius 1 is 1.21 bits per heavy atom. The van der Waals surface area contributed by atoms with Crippen LogP contribution < -0.4 is 10.9 Å². The molecule has 216 valence electrons. The number of fused-ring (bicyclic) bond motifs is 5. The van der Waals surface area contributed by atoms with Gasteiger partial charge in [-0.25, -0.2) is 19.0 Å². The van der Waals surface area contributed by atoms with Crippen LogP contribution in [0.1, 0.15) is 52.8 Å². The second kappa shape index (κ2) is 10.3. The van der Waals surface area contributed by atoms with Crippen molar-refractivity contribution < 1.29 is 33.7 Å². The molecule has 4 heterocycles. The maximum absolute atomic E-state index is 14.7. The highest BCUT2D eigenvalue weighted by molar-refractivity contribution is 5.90. The van der Waals surface area contributed by atoms with Gasteiger partial charge in [0.15, 0.2) is 5.60 Å². The summed E-state index contributed by atoms with van der Waals surface area (Å²) in [6, 6.07) is 12.5. The van der Waals surface area contributed by atoms with Crippen molar-refractivity contribution in [1.82, 2.24) is 14.9 Å². The number of cyclic esters (lactones) is 1. The van der Waals surface area contributed by atoms with E-state index >= 15 is 0 Å². The van der Waals surface area contributed by atoms with Gasteiger partial charge in [0.05, 0.1) is 41.7 Å². The summed E-state index contributed by atoms with van der Waals surface area (Å²) >= 11 is 0. The van der Waals surface area contributed by atoms with Gasteiger partial charge in [-0.1, -0.05) is 37.3 Å². The van der Waals surface area contributed by atoms with Crippen molar-refractivity contribution in [2.24, 2.45) is 0 Å². The molecule has 0 radical (unpaired) electrons. The van der Waals surface area contributed by atoms with Crippen LogP contribution in [0.5, 0.6) is 0 Å². The number of halogens is 1. The van der Waals surface area contributed by atoms with Crippen molar-refractivity contribution in [2.45, 2.75) is 51.7 Å². The van der Waals surface area contributed by atoms with Crippen LogP contribution in [0.3, 0.4) is 0 Å². The highest BCUT2D eigenvalue weighted by Crippen LogP contribution is 2.42. The number of pyridine rings is 2. The number of esters is 1. The van der Waals surface area contributed by atoms with E-state index in [1.165, 1.54) is 10.6 Å². The number of hydrogen-bond donors (Lipinski definition) is 3. The van der Waals surface area contributed by atoms with Gasteiger partial charge in [-0.05, 0) is 42.2 Å². The lowest BCUT2D eigenvalue weighted by atomic mass is 9.86. The Bertz CT molecular complexity index is 1820. The van der Waals surface area contributed by atoms with Crippen LogP contribution in [-0.2, 0) is 39.6 Å². The number of nitrogens with zero attached hydrogens (tertiary/aromatic N) is 2.